The SMILES string of the molecule is CCOC(=O)Nc1ccc2c(COC(=O)Cn3cccn3)cc(=O)oc2c1. The summed E-state index contributed by atoms with van der Waals surface area (Å²) in [6.45, 7) is 1.81. The molecule has 0 radical (unpaired) electrons. The molecule has 3 rings (SSSR count). The average molecular weight is 371 g/mol. The average Bonchev–Trinajstić information content (AvgIpc) is 3.12. The number of nitrogens with zero attached hydrogens (tertiary/aromatic N) is 2. The number of hydrogen-bond acceptors (Lipinski definition) is 7. The number of ether oxygens (including phenoxy) is 2. The van der Waals surface area contributed by atoms with Crippen LogP contribution in [0.25, 0.3) is 11.0 Å². The summed E-state index contributed by atoms with van der Waals surface area (Å²) in [5, 5.41) is 7.05. The molecule has 0 unspecified atom stereocenters. The lowest BCUT2D eigenvalue weighted by molar-refractivity contribution is -0.145. The van der Waals surface area contributed by atoms with Crippen LogP contribution in [0.1, 0.15) is 12.5 Å². The Morgan fingerprint density at radius 2 is 2.11 bits per heavy atom. The number of aromatic nitrogens is 2. The van der Waals surface area contributed by atoms with E-state index >= 15 is 0 Å². The number of nitrogens with one attached hydrogen (secondary N) is 1. The molecule has 0 saturated carbocycles. The molecule has 0 aliphatic rings. The van der Waals surface area contributed by atoms with Gasteiger partial charge in [0.25, 0.3) is 0 Å². The van der Waals surface area contributed by atoms with E-state index < -0.39 is 17.7 Å². The second kappa shape index (κ2) is 8.17. The van der Waals surface area contributed by atoms with Gasteiger partial charge in [0, 0.05) is 41.2 Å². The summed E-state index contributed by atoms with van der Waals surface area (Å²) in [7, 11) is 0. The number of rotatable bonds is 6. The van der Waals surface area contributed by atoms with Gasteiger partial charge in [0.05, 0.1) is 6.61 Å². The Morgan fingerprint density at radius 1 is 1.26 bits per heavy atom. The van der Waals surface area contributed by atoms with Gasteiger partial charge in [0.15, 0.2) is 0 Å². The summed E-state index contributed by atoms with van der Waals surface area (Å²) in [6, 6.07) is 7.76. The highest BCUT2D eigenvalue weighted by atomic mass is 16.5. The number of carbonyl (C=O) groups is 2. The highest BCUT2D eigenvalue weighted by Crippen LogP contribution is 2.22. The monoisotopic (exact) mass is 371 g/mol. The van der Waals surface area contributed by atoms with E-state index in [1.807, 2.05) is 0 Å². The summed E-state index contributed by atoms with van der Waals surface area (Å²) in [6.07, 6.45) is 2.60. The first kappa shape index (κ1) is 18.2. The smallest absolute Gasteiger partial charge is 0.411 e. The Hall–Kier alpha value is -3.62. The Kier molecular flexibility index (Phi) is 5.50. The molecular weight excluding hydrogens is 354 g/mol. The molecule has 0 fully saturated rings. The fraction of sp³-hybridized carbons (Fsp3) is 0.222. The van der Waals surface area contributed by atoms with Crippen LogP contribution < -0.4 is 10.9 Å². The third-order valence-electron chi connectivity index (χ3n) is 3.59. The Balaban J connectivity index is 1.76. The lowest BCUT2D eigenvalue weighted by Gasteiger charge is -2.09. The van der Waals surface area contributed by atoms with Crippen LogP contribution in [0.3, 0.4) is 0 Å². The minimum Gasteiger partial charge on any atom is -0.459 e. The van der Waals surface area contributed by atoms with Crippen molar-refractivity contribution in [1.82, 2.24) is 9.78 Å². The molecule has 0 aliphatic carbocycles. The summed E-state index contributed by atoms with van der Waals surface area (Å²) in [4.78, 5) is 35.2. The largest absolute Gasteiger partial charge is 0.459 e. The molecule has 140 valence electrons. The highest BCUT2D eigenvalue weighted by Gasteiger charge is 2.11. The van der Waals surface area contributed by atoms with Crippen molar-refractivity contribution in [1.29, 1.82) is 0 Å². The maximum Gasteiger partial charge on any atom is 0.411 e. The number of amides is 1. The van der Waals surface area contributed by atoms with E-state index in [2.05, 4.69) is 10.4 Å². The molecule has 1 N–H and O–H groups in total. The third kappa shape index (κ3) is 4.72. The molecular formula is C18H17N3O6. The summed E-state index contributed by atoms with van der Waals surface area (Å²) in [5.41, 5.74) is 0.582. The predicted molar refractivity (Wildman–Crippen MR) is 95.2 cm³/mol. The molecule has 0 aliphatic heterocycles. The van der Waals surface area contributed by atoms with Crippen LogP contribution in [0.2, 0.25) is 0 Å². The van der Waals surface area contributed by atoms with Gasteiger partial charge in [-0.1, -0.05) is 0 Å². The molecule has 0 spiro atoms. The number of benzene rings is 1. The molecule has 27 heavy (non-hydrogen) atoms. The maximum absolute atomic E-state index is 11.9. The molecule has 0 atom stereocenters. The first-order valence-electron chi connectivity index (χ1n) is 8.19. The van der Waals surface area contributed by atoms with Gasteiger partial charge in [-0.25, -0.2) is 9.59 Å². The van der Waals surface area contributed by atoms with E-state index in [0.717, 1.165) is 0 Å². The lowest BCUT2D eigenvalue weighted by Crippen LogP contribution is -2.15. The topological polar surface area (TPSA) is 113 Å². The van der Waals surface area contributed by atoms with E-state index in [0.29, 0.717) is 16.6 Å². The van der Waals surface area contributed by atoms with Gasteiger partial charge in [-0.15, -0.1) is 0 Å². The van der Waals surface area contributed by atoms with E-state index in [9.17, 15) is 14.4 Å². The van der Waals surface area contributed by atoms with Crippen molar-refractivity contribution in [3.8, 4) is 0 Å². The molecule has 9 heteroatoms. The number of hydrogen-bond donors (Lipinski definition) is 1. The van der Waals surface area contributed by atoms with Gasteiger partial charge in [-0.05, 0) is 25.1 Å². The summed E-state index contributed by atoms with van der Waals surface area (Å²) < 4.78 is 16.6. The van der Waals surface area contributed by atoms with E-state index in [4.69, 9.17) is 13.9 Å². The first-order chi connectivity index (χ1) is 13.0. The molecule has 1 amide bonds. The van der Waals surface area contributed by atoms with Gasteiger partial charge >= 0.3 is 17.7 Å². The Bertz CT molecular complexity index is 1010. The zero-order valence-corrected chi connectivity index (χ0v) is 14.5. The van der Waals surface area contributed by atoms with Crippen molar-refractivity contribution in [2.24, 2.45) is 0 Å². The van der Waals surface area contributed by atoms with Crippen molar-refractivity contribution < 1.29 is 23.5 Å². The fourth-order valence-corrected chi connectivity index (χ4v) is 2.44. The standard InChI is InChI=1S/C18H17N3O6/c1-2-25-18(24)20-13-4-5-14-12(8-16(22)27-15(14)9-13)11-26-17(23)10-21-7-3-6-19-21/h3-9H,2,10-11H2,1H3,(H,20,24). The number of esters is 1. The van der Waals surface area contributed by atoms with Crippen LogP contribution in [0.5, 0.6) is 0 Å². The van der Waals surface area contributed by atoms with Crippen molar-refractivity contribution in [3.05, 3.63) is 58.7 Å². The third-order valence-corrected chi connectivity index (χ3v) is 3.59. The van der Waals surface area contributed by atoms with Crippen molar-refractivity contribution in [2.75, 3.05) is 11.9 Å². The molecule has 2 aromatic heterocycles. The minimum atomic E-state index is -0.608. The maximum atomic E-state index is 11.9. The Labute approximate surface area is 153 Å². The van der Waals surface area contributed by atoms with Gasteiger partial charge in [-0.2, -0.15) is 5.10 Å². The van der Waals surface area contributed by atoms with E-state index in [1.54, 1.807) is 37.5 Å². The zero-order chi connectivity index (χ0) is 19.2. The second-order valence-corrected chi connectivity index (χ2v) is 5.51. The van der Waals surface area contributed by atoms with Crippen molar-refractivity contribution in [2.45, 2.75) is 20.1 Å². The van der Waals surface area contributed by atoms with Crippen LogP contribution in [-0.2, 0) is 27.4 Å². The zero-order valence-electron chi connectivity index (χ0n) is 14.5. The van der Waals surface area contributed by atoms with E-state index in [1.165, 1.54) is 16.8 Å². The van der Waals surface area contributed by atoms with Crippen LogP contribution in [0, 0.1) is 0 Å². The summed E-state index contributed by atoms with van der Waals surface area (Å²) in [5.74, 6) is -0.485. The minimum absolute atomic E-state index is 0.0278. The molecule has 9 nitrogen and oxygen atoms in total. The van der Waals surface area contributed by atoms with Crippen LogP contribution in [0.15, 0.2) is 51.9 Å². The number of anilines is 1. The highest BCUT2D eigenvalue weighted by molar-refractivity contribution is 5.90. The van der Waals surface area contributed by atoms with Crippen LogP contribution >= 0.6 is 0 Å². The number of fused-ring (bicyclic) bond motifs is 1. The van der Waals surface area contributed by atoms with Crippen LogP contribution in [0.4, 0.5) is 10.5 Å². The second-order valence-electron chi connectivity index (χ2n) is 5.51. The van der Waals surface area contributed by atoms with Gasteiger partial charge in [0.1, 0.15) is 18.7 Å². The van der Waals surface area contributed by atoms with Gasteiger partial charge < -0.3 is 13.9 Å². The molecule has 0 bridgehead atoms. The fourth-order valence-electron chi connectivity index (χ4n) is 2.44. The molecule has 2 heterocycles. The quantitative estimate of drug-likeness (QED) is 0.522. The lowest BCUT2D eigenvalue weighted by atomic mass is 10.1. The van der Waals surface area contributed by atoms with Crippen molar-refractivity contribution in [3.63, 3.8) is 0 Å². The first-order valence-corrected chi connectivity index (χ1v) is 8.19. The Morgan fingerprint density at radius 3 is 2.85 bits per heavy atom. The van der Waals surface area contributed by atoms with Gasteiger partial charge in [0.2, 0.25) is 0 Å². The predicted octanol–water partition coefficient (Wildman–Crippen LogP) is 2.30. The van der Waals surface area contributed by atoms with Crippen LogP contribution in [-0.4, -0.2) is 28.4 Å². The molecule has 0 saturated heterocycles. The van der Waals surface area contributed by atoms with E-state index in [-0.39, 0.29) is 25.3 Å². The molecule has 3 aromatic rings. The normalized spacial score (nSPS) is 10.6. The molecule has 1 aromatic carbocycles. The van der Waals surface area contributed by atoms with Gasteiger partial charge in [-0.3, -0.25) is 14.8 Å². The van der Waals surface area contributed by atoms with Crippen molar-refractivity contribution >= 4 is 28.7 Å². The number of carbonyl (C=O) groups excluding carboxylic acids is 2. The summed E-state index contributed by atoms with van der Waals surface area (Å²) >= 11 is 0.